The molecule has 2 fully saturated rings. The molecule has 1 N–H and O–H groups in total. The van der Waals surface area contributed by atoms with Crippen LogP contribution in [0.15, 0.2) is 11.6 Å². The molecule has 0 aromatic heterocycles. The molecule has 0 radical (unpaired) electrons. The van der Waals surface area contributed by atoms with Crippen LogP contribution in [-0.4, -0.2) is 35.1 Å². The van der Waals surface area contributed by atoms with Gasteiger partial charge in [0.25, 0.3) is 0 Å². The van der Waals surface area contributed by atoms with Crippen LogP contribution in [0.2, 0.25) is 0 Å². The van der Waals surface area contributed by atoms with Crippen LogP contribution in [0.4, 0.5) is 0 Å². The van der Waals surface area contributed by atoms with Crippen LogP contribution < -0.4 is 0 Å². The van der Waals surface area contributed by atoms with E-state index in [1.165, 1.54) is 32.0 Å². The first-order valence-electron chi connectivity index (χ1n) is 5.92. The summed E-state index contributed by atoms with van der Waals surface area (Å²) in [6, 6.07) is 0.721. The fourth-order valence-electron chi connectivity index (χ4n) is 2.76. The quantitative estimate of drug-likeness (QED) is 0.707. The number of allylic oxidation sites excluding steroid dienone is 1. The lowest BCUT2D eigenvalue weighted by molar-refractivity contribution is -0.131. The number of likely N-dealkylation sites (tertiary alicyclic amines) is 1. The summed E-state index contributed by atoms with van der Waals surface area (Å²) in [5.74, 6) is -0.787. The van der Waals surface area contributed by atoms with E-state index < -0.39 is 5.97 Å². The molecule has 84 valence electrons. The van der Waals surface area contributed by atoms with Crippen LogP contribution in [-0.2, 0) is 4.79 Å². The normalized spacial score (nSPS) is 28.0. The van der Waals surface area contributed by atoms with Gasteiger partial charge in [-0.2, -0.15) is 0 Å². The number of nitrogens with zero attached hydrogens (tertiary/aromatic N) is 1. The molecule has 3 nitrogen and oxygen atoms in total. The second-order valence-corrected chi connectivity index (χ2v) is 4.62. The third-order valence-electron chi connectivity index (χ3n) is 3.58. The highest BCUT2D eigenvalue weighted by Crippen LogP contribution is 2.28. The van der Waals surface area contributed by atoms with E-state index in [2.05, 4.69) is 4.90 Å². The van der Waals surface area contributed by atoms with Crippen LogP contribution >= 0.6 is 0 Å². The van der Waals surface area contributed by atoms with Gasteiger partial charge in [-0.05, 0) is 51.6 Å². The molecule has 1 aliphatic carbocycles. The summed E-state index contributed by atoms with van der Waals surface area (Å²) in [6.45, 7) is 2.51. The summed E-state index contributed by atoms with van der Waals surface area (Å²) in [6.07, 6.45) is 8.35. The second kappa shape index (κ2) is 4.79. The van der Waals surface area contributed by atoms with Crippen molar-refractivity contribution in [1.29, 1.82) is 0 Å². The Balaban J connectivity index is 1.83. The van der Waals surface area contributed by atoms with Crippen LogP contribution in [0.25, 0.3) is 0 Å². The van der Waals surface area contributed by atoms with Gasteiger partial charge in [-0.15, -0.1) is 0 Å². The van der Waals surface area contributed by atoms with Gasteiger partial charge >= 0.3 is 5.97 Å². The fourth-order valence-corrected chi connectivity index (χ4v) is 2.76. The molecule has 0 spiro atoms. The lowest BCUT2D eigenvalue weighted by Crippen LogP contribution is -2.34. The largest absolute Gasteiger partial charge is 0.478 e. The van der Waals surface area contributed by atoms with E-state index in [9.17, 15) is 4.79 Å². The van der Waals surface area contributed by atoms with Gasteiger partial charge in [0.05, 0.1) is 0 Å². The van der Waals surface area contributed by atoms with E-state index in [-0.39, 0.29) is 0 Å². The van der Waals surface area contributed by atoms with Gasteiger partial charge in [-0.3, -0.25) is 0 Å². The summed E-state index contributed by atoms with van der Waals surface area (Å²) in [4.78, 5) is 13.1. The molecule has 0 unspecified atom stereocenters. The number of rotatable bonds is 2. The summed E-state index contributed by atoms with van der Waals surface area (Å²) < 4.78 is 0. The summed E-state index contributed by atoms with van der Waals surface area (Å²) in [5, 5.41) is 8.66. The van der Waals surface area contributed by atoms with Crippen molar-refractivity contribution in [2.45, 2.75) is 44.6 Å². The highest BCUT2D eigenvalue weighted by Gasteiger charge is 2.24. The Morgan fingerprint density at radius 2 is 1.87 bits per heavy atom. The molecular weight excluding hydrogens is 190 g/mol. The Kier molecular flexibility index (Phi) is 3.41. The van der Waals surface area contributed by atoms with Crippen LogP contribution in [0, 0.1) is 0 Å². The van der Waals surface area contributed by atoms with Crippen LogP contribution in [0.3, 0.4) is 0 Å². The Hall–Kier alpha value is -0.830. The van der Waals surface area contributed by atoms with E-state index in [1.54, 1.807) is 0 Å². The molecule has 2 aliphatic rings. The monoisotopic (exact) mass is 209 g/mol. The lowest BCUT2D eigenvalue weighted by Gasteiger charge is -2.31. The molecule has 1 saturated heterocycles. The smallest absolute Gasteiger partial charge is 0.328 e. The average molecular weight is 209 g/mol. The Bertz CT molecular complexity index is 257. The molecule has 1 saturated carbocycles. The maximum Gasteiger partial charge on any atom is 0.328 e. The van der Waals surface area contributed by atoms with Gasteiger partial charge in [0.2, 0.25) is 0 Å². The van der Waals surface area contributed by atoms with Crippen molar-refractivity contribution >= 4 is 5.97 Å². The molecule has 1 heterocycles. The van der Waals surface area contributed by atoms with E-state index >= 15 is 0 Å². The zero-order valence-corrected chi connectivity index (χ0v) is 9.11. The number of carbonyl (C=O) groups is 1. The number of hydrogen-bond donors (Lipinski definition) is 1. The van der Waals surface area contributed by atoms with Crippen LogP contribution in [0.1, 0.15) is 38.5 Å². The summed E-state index contributed by atoms with van der Waals surface area (Å²) in [7, 11) is 0. The second-order valence-electron chi connectivity index (χ2n) is 4.62. The van der Waals surface area contributed by atoms with Crippen molar-refractivity contribution in [3.05, 3.63) is 11.6 Å². The van der Waals surface area contributed by atoms with E-state index in [1.807, 2.05) is 0 Å². The van der Waals surface area contributed by atoms with E-state index in [0.29, 0.717) is 0 Å². The topological polar surface area (TPSA) is 40.5 Å². The zero-order chi connectivity index (χ0) is 10.7. The number of hydrogen-bond acceptors (Lipinski definition) is 2. The fraction of sp³-hybridized carbons (Fsp3) is 0.750. The minimum absolute atomic E-state index is 0.721. The average Bonchev–Trinajstić information content (AvgIpc) is 2.71. The standard InChI is InChI=1S/C12H19NO2/c14-12(15)9-10-3-5-11(6-4-10)13-7-1-2-8-13/h9,11H,1-8H2,(H,14,15). The first kappa shape index (κ1) is 10.7. The zero-order valence-electron chi connectivity index (χ0n) is 9.11. The summed E-state index contributed by atoms with van der Waals surface area (Å²) in [5.41, 5.74) is 1.12. The molecule has 1 aliphatic heterocycles. The molecule has 0 aromatic carbocycles. The minimum atomic E-state index is -0.787. The van der Waals surface area contributed by atoms with Crippen LogP contribution in [0.5, 0.6) is 0 Å². The molecule has 3 heteroatoms. The number of carboxylic acid groups (broad SMARTS) is 1. The molecule has 0 bridgehead atoms. The van der Waals surface area contributed by atoms with Crippen molar-refractivity contribution in [2.24, 2.45) is 0 Å². The Morgan fingerprint density at radius 3 is 2.40 bits per heavy atom. The maximum absolute atomic E-state index is 10.5. The number of carboxylic acids is 1. The van der Waals surface area contributed by atoms with E-state index in [4.69, 9.17) is 5.11 Å². The predicted molar refractivity (Wildman–Crippen MR) is 58.8 cm³/mol. The Morgan fingerprint density at radius 1 is 1.27 bits per heavy atom. The predicted octanol–water partition coefficient (Wildman–Crippen LogP) is 2.04. The Labute approximate surface area is 90.8 Å². The van der Waals surface area contributed by atoms with Gasteiger partial charge in [-0.1, -0.05) is 5.57 Å². The highest BCUT2D eigenvalue weighted by molar-refractivity contribution is 5.80. The molecule has 15 heavy (non-hydrogen) atoms. The highest BCUT2D eigenvalue weighted by atomic mass is 16.4. The van der Waals surface area contributed by atoms with Crippen molar-refractivity contribution in [3.8, 4) is 0 Å². The van der Waals surface area contributed by atoms with Gasteiger partial charge in [-0.25, -0.2) is 4.79 Å². The number of aliphatic carboxylic acids is 1. The van der Waals surface area contributed by atoms with Gasteiger partial charge in [0.15, 0.2) is 0 Å². The third kappa shape index (κ3) is 2.81. The maximum atomic E-state index is 10.5. The minimum Gasteiger partial charge on any atom is -0.478 e. The van der Waals surface area contributed by atoms with Crippen molar-refractivity contribution < 1.29 is 9.90 Å². The molecule has 0 aromatic rings. The van der Waals surface area contributed by atoms with Gasteiger partial charge in [0, 0.05) is 12.1 Å². The molecular formula is C12H19NO2. The summed E-state index contributed by atoms with van der Waals surface area (Å²) >= 11 is 0. The van der Waals surface area contributed by atoms with Gasteiger partial charge in [0.1, 0.15) is 0 Å². The molecule has 0 atom stereocenters. The first-order chi connectivity index (χ1) is 7.25. The molecule has 2 rings (SSSR count). The van der Waals surface area contributed by atoms with E-state index in [0.717, 1.165) is 37.3 Å². The first-order valence-corrected chi connectivity index (χ1v) is 5.92. The molecule has 0 amide bonds. The van der Waals surface area contributed by atoms with Gasteiger partial charge < -0.3 is 10.0 Å². The third-order valence-corrected chi connectivity index (χ3v) is 3.58. The van der Waals surface area contributed by atoms with Crippen molar-refractivity contribution in [1.82, 2.24) is 4.90 Å². The SMILES string of the molecule is O=C(O)C=C1CCC(N2CCCC2)CC1. The van der Waals surface area contributed by atoms with Crippen molar-refractivity contribution in [3.63, 3.8) is 0 Å². The van der Waals surface area contributed by atoms with Crippen molar-refractivity contribution in [2.75, 3.05) is 13.1 Å². The lowest BCUT2D eigenvalue weighted by atomic mass is 9.90.